The molecule has 0 bridgehead atoms. The van der Waals surface area contributed by atoms with Crippen LogP contribution in [0.4, 0.5) is 4.39 Å². The van der Waals surface area contributed by atoms with Gasteiger partial charge in [-0.15, -0.1) is 0 Å². The highest BCUT2D eigenvalue weighted by Gasteiger charge is 2.15. The summed E-state index contributed by atoms with van der Waals surface area (Å²) in [6.07, 6.45) is 0.564. The van der Waals surface area contributed by atoms with Crippen LogP contribution in [0, 0.1) is 5.82 Å². The molecule has 0 radical (unpaired) electrons. The third kappa shape index (κ3) is 3.94. The molecular weight excluding hydrogens is 261 g/mol. The number of benzene rings is 1. The molecule has 0 saturated heterocycles. The Hall–Kier alpha value is -1.18. The van der Waals surface area contributed by atoms with Gasteiger partial charge >= 0.3 is 0 Å². The molecule has 7 heteroatoms. The van der Waals surface area contributed by atoms with Crippen molar-refractivity contribution in [3.63, 3.8) is 0 Å². The van der Waals surface area contributed by atoms with Gasteiger partial charge in [-0.2, -0.15) is 0 Å². The lowest BCUT2D eigenvalue weighted by atomic mass is 10.3. The van der Waals surface area contributed by atoms with Crippen molar-refractivity contribution < 1.29 is 22.3 Å². The highest BCUT2D eigenvalue weighted by molar-refractivity contribution is 7.89. The Balaban J connectivity index is 2.78. The Morgan fingerprint density at radius 3 is 2.67 bits per heavy atom. The highest BCUT2D eigenvalue weighted by Crippen LogP contribution is 2.21. The van der Waals surface area contributed by atoms with E-state index in [2.05, 4.69) is 4.72 Å². The summed E-state index contributed by atoms with van der Waals surface area (Å²) in [7, 11) is -0.823. The van der Waals surface area contributed by atoms with Crippen LogP contribution in [0.25, 0.3) is 0 Å². The second-order valence-electron chi connectivity index (χ2n) is 3.54. The Morgan fingerprint density at radius 2 is 2.06 bits per heavy atom. The van der Waals surface area contributed by atoms with Crippen LogP contribution in [-0.4, -0.2) is 35.8 Å². The maximum absolute atomic E-state index is 13.2. The van der Waals surface area contributed by atoms with Crippen LogP contribution >= 0.6 is 0 Å². The summed E-state index contributed by atoms with van der Waals surface area (Å²) in [6, 6.07) is 3.40. The zero-order chi connectivity index (χ0) is 13.6. The van der Waals surface area contributed by atoms with E-state index in [0.29, 0.717) is 13.0 Å². The fourth-order valence-corrected chi connectivity index (χ4v) is 2.40. The topological polar surface area (TPSA) is 64.6 Å². The Labute approximate surface area is 106 Å². The van der Waals surface area contributed by atoms with Gasteiger partial charge < -0.3 is 9.47 Å². The predicted octanol–water partition coefficient (Wildman–Crippen LogP) is 1.15. The molecule has 0 amide bonds. The number of rotatable bonds is 7. The van der Waals surface area contributed by atoms with Gasteiger partial charge in [0.25, 0.3) is 0 Å². The molecule has 0 aliphatic rings. The van der Waals surface area contributed by atoms with Crippen LogP contribution in [0.5, 0.6) is 5.75 Å². The Bertz CT molecular complexity index is 490. The average molecular weight is 277 g/mol. The van der Waals surface area contributed by atoms with Crippen molar-refractivity contribution in [3.8, 4) is 5.75 Å². The molecule has 0 aliphatic carbocycles. The molecule has 0 spiro atoms. The molecule has 0 aromatic heterocycles. The molecule has 0 unspecified atom stereocenters. The summed E-state index contributed by atoms with van der Waals surface area (Å²) >= 11 is 0. The van der Waals surface area contributed by atoms with Crippen molar-refractivity contribution in [2.24, 2.45) is 0 Å². The van der Waals surface area contributed by atoms with Crippen molar-refractivity contribution in [1.82, 2.24) is 4.72 Å². The normalized spacial score (nSPS) is 11.5. The molecule has 0 atom stereocenters. The molecule has 0 aliphatic heterocycles. The van der Waals surface area contributed by atoms with Gasteiger partial charge in [-0.3, -0.25) is 0 Å². The predicted molar refractivity (Wildman–Crippen MR) is 64.6 cm³/mol. The Morgan fingerprint density at radius 1 is 1.33 bits per heavy atom. The van der Waals surface area contributed by atoms with Crippen molar-refractivity contribution in [2.75, 3.05) is 27.4 Å². The van der Waals surface area contributed by atoms with Gasteiger partial charge in [0.2, 0.25) is 10.0 Å². The minimum Gasteiger partial charge on any atom is -0.494 e. The number of hydrogen-bond acceptors (Lipinski definition) is 4. The third-order valence-corrected chi connectivity index (χ3v) is 3.71. The molecule has 1 aromatic rings. The smallest absolute Gasteiger partial charge is 0.240 e. The average Bonchev–Trinajstić information content (AvgIpc) is 2.35. The fourth-order valence-electron chi connectivity index (χ4n) is 1.31. The van der Waals surface area contributed by atoms with Crippen molar-refractivity contribution in [2.45, 2.75) is 11.3 Å². The van der Waals surface area contributed by atoms with Gasteiger partial charge in [0, 0.05) is 26.3 Å². The van der Waals surface area contributed by atoms with E-state index in [9.17, 15) is 12.8 Å². The molecule has 1 aromatic carbocycles. The summed E-state index contributed by atoms with van der Waals surface area (Å²) < 4.78 is 48.8. The molecular formula is C11H16FNO4S. The highest BCUT2D eigenvalue weighted by atomic mass is 32.2. The summed E-state index contributed by atoms with van der Waals surface area (Å²) in [5, 5.41) is 0. The first-order valence-corrected chi connectivity index (χ1v) is 6.81. The summed E-state index contributed by atoms with van der Waals surface area (Å²) in [5.41, 5.74) is 0. The Kier molecular flexibility index (Phi) is 5.52. The monoisotopic (exact) mass is 277 g/mol. The number of halogens is 1. The van der Waals surface area contributed by atoms with Crippen molar-refractivity contribution in [3.05, 3.63) is 24.0 Å². The fraction of sp³-hybridized carbons (Fsp3) is 0.455. The van der Waals surface area contributed by atoms with Gasteiger partial charge in [0.05, 0.1) is 12.0 Å². The lowest BCUT2D eigenvalue weighted by molar-refractivity contribution is 0.196. The van der Waals surface area contributed by atoms with E-state index in [1.807, 2.05) is 0 Å². The maximum atomic E-state index is 13.2. The van der Waals surface area contributed by atoms with Crippen LogP contribution in [0.3, 0.4) is 0 Å². The van der Waals surface area contributed by atoms with E-state index in [1.54, 1.807) is 7.11 Å². The van der Waals surface area contributed by atoms with Gasteiger partial charge in [0.1, 0.15) is 0 Å². The molecule has 0 heterocycles. The van der Waals surface area contributed by atoms with E-state index >= 15 is 0 Å². The number of ether oxygens (including phenoxy) is 2. The van der Waals surface area contributed by atoms with Crippen LogP contribution in [0.1, 0.15) is 6.42 Å². The summed E-state index contributed by atoms with van der Waals surface area (Å²) in [5.74, 6) is -0.703. The lowest BCUT2D eigenvalue weighted by Gasteiger charge is -2.08. The van der Waals surface area contributed by atoms with E-state index < -0.39 is 15.8 Å². The largest absolute Gasteiger partial charge is 0.494 e. The van der Waals surface area contributed by atoms with E-state index in [4.69, 9.17) is 9.47 Å². The molecule has 0 fully saturated rings. The molecule has 102 valence electrons. The van der Waals surface area contributed by atoms with E-state index in [-0.39, 0.29) is 17.2 Å². The maximum Gasteiger partial charge on any atom is 0.240 e. The molecule has 18 heavy (non-hydrogen) atoms. The molecule has 1 N–H and O–H groups in total. The van der Waals surface area contributed by atoms with Crippen LogP contribution in [0.15, 0.2) is 23.1 Å². The van der Waals surface area contributed by atoms with Crippen molar-refractivity contribution >= 4 is 10.0 Å². The van der Waals surface area contributed by atoms with Gasteiger partial charge in [-0.1, -0.05) is 0 Å². The van der Waals surface area contributed by atoms with Crippen LogP contribution in [-0.2, 0) is 14.8 Å². The van der Waals surface area contributed by atoms with Gasteiger partial charge in [-0.05, 0) is 18.6 Å². The van der Waals surface area contributed by atoms with E-state index in [1.165, 1.54) is 13.2 Å². The first-order chi connectivity index (χ1) is 8.51. The minimum atomic E-state index is -3.64. The zero-order valence-electron chi connectivity index (χ0n) is 10.3. The van der Waals surface area contributed by atoms with Crippen molar-refractivity contribution in [1.29, 1.82) is 0 Å². The van der Waals surface area contributed by atoms with Gasteiger partial charge in [-0.25, -0.2) is 17.5 Å². The third-order valence-electron chi connectivity index (χ3n) is 2.25. The second-order valence-corrected chi connectivity index (χ2v) is 5.31. The first kappa shape index (κ1) is 14.9. The number of nitrogens with one attached hydrogen (secondary N) is 1. The second kappa shape index (κ2) is 6.67. The summed E-state index contributed by atoms with van der Waals surface area (Å²) in [6.45, 7) is 0.727. The first-order valence-electron chi connectivity index (χ1n) is 5.33. The minimum absolute atomic E-state index is 0.0295. The number of methoxy groups -OCH3 is 2. The van der Waals surface area contributed by atoms with Gasteiger partial charge in [0.15, 0.2) is 11.6 Å². The molecule has 0 saturated carbocycles. The number of hydrogen-bond donors (Lipinski definition) is 1. The molecule has 5 nitrogen and oxygen atoms in total. The van der Waals surface area contributed by atoms with Crippen LogP contribution in [0.2, 0.25) is 0 Å². The molecule has 1 rings (SSSR count). The lowest BCUT2D eigenvalue weighted by Crippen LogP contribution is -2.25. The quantitative estimate of drug-likeness (QED) is 0.759. The zero-order valence-corrected chi connectivity index (χ0v) is 11.1. The summed E-state index contributed by atoms with van der Waals surface area (Å²) in [4.78, 5) is -0.0295. The number of sulfonamides is 1. The van der Waals surface area contributed by atoms with E-state index in [0.717, 1.165) is 12.1 Å². The standard InChI is InChI=1S/C11H16FNO4S/c1-16-7-3-6-13-18(14,15)9-4-5-10(12)11(8-9)17-2/h4-5,8,13H,3,6-7H2,1-2H3. The SMILES string of the molecule is COCCCNS(=O)(=O)c1ccc(F)c(OC)c1. The van der Waals surface area contributed by atoms with Crippen LogP contribution < -0.4 is 9.46 Å².